The van der Waals surface area contributed by atoms with Crippen LogP contribution in [0.3, 0.4) is 0 Å². The van der Waals surface area contributed by atoms with E-state index in [2.05, 4.69) is 10.1 Å². The van der Waals surface area contributed by atoms with Crippen molar-refractivity contribution >= 4 is 23.2 Å². The molecule has 0 aromatic carbocycles. The van der Waals surface area contributed by atoms with Crippen LogP contribution < -0.4 is 0 Å². The highest BCUT2D eigenvalue weighted by Gasteiger charge is 2.34. The average molecular weight is 330 g/mol. The normalized spacial score (nSPS) is 18.0. The highest BCUT2D eigenvalue weighted by molar-refractivity contribution is 6.32. The third-order valence-electron chi connectivity index (χ3n) is 4.31. The maximum Gasteiger partial charge on any atom is 0.274 e. The summed E-state index contributed by atoms with van der Waals surface area (Å²) >= 11 is 6.24. The van der Waals surface area contributed by atoms with Crippen LogP contribution in [-0.4, -0.2) is 36.5 Å². The monoisotopic (exact) mass is 329 g/mol. The summed E-state index contributed by atoms with van der Waals surface area (Å²) in [6, 6.07) is 5.62. The topological polar surface area (TPSA) is 55.4 Å². The Kier molecular flexibility index (Phi) is 3.34. The van der Waals surface area contributed by atoms with Gasteiger partial charge in [-0.05, 0) is 25.0 Å². The predicted molar refractivity (Wildman–Crippen MR) is 86.4 cm³/mol. The van der Waals surface area contributed by atoms with Gasteiger partial charge in [0.2, 0.25) is 0 Å². The van der Waals surface area contributed by atoms with Gasteiger partial charge >= 0.3 is 0 Å². The average Bonchev–Trinajstić information content (AvgIpc) is 3.23. The molecule has 1 aliphatic rings. The van der Waals surface area contributed by atoms with E-state index in [-0.39, 0.29) is 17.1 Å². The zero-order valence-corrected chi connectivity index (χ0v) is 13.4. The van der Waals surface area contributed by atoms with Crippen LogP contribution in [0.2, 0.25) is 5.15 Å². The first-order valence-electron chi connectivity index (χ1n) is 7.57. The predicted octanol–water partition coefficient (Wildman–Crippen LogP) is 2.70. The number of rotatable bonds is 2. The number of likely N-dealkylation sites (tertiary alicyclic amines) is 1. The first kappa shape index (κ1) is 14.3. The minimum atomic E-state index is -0.0833. The van der Waals surface area contributed by atoms with Gasteiger partial charge in [0.15, 0.2) is 10.8 Å². The molecule has 23 heavy (non-hydrogen) atoms. The molecular formula is C16H16ClN5O. The van der Waals surface area contributed by atoms with Gasteiger partial charge in [0.05, 0.1) is 12.2 Å². The number of hydrogen-bond donors (Lipinski definition) is 0. The summed E-state index contributed by atoms with van der Waals surface area (Å²) in [5, 5.41) is 4.47. The van der Waals surface area contributed by atoms with E-state index in [9.17, 15) is 4.79 Å². The molecule has 1 amide bonds. The highest BCUT2D eigenvalue weighted by atomic mass is 35.5. The first-order valence-corrected chi connectivity index (χ1v) is 7.95. The quantitative estimate of drug-likeness (QED) is 0.726. The van der Waals surface area contributed by atoms with Gasteiger partial charge < -0.3 is 4.90 Å². The van der Waals surface area contributed by atoms with Gasteiger partial charge in [0, 0.05) is 31.5 Å². The van der Waals surface area contributed by atoms with Crippen molar-refractivity contribution < 1.29 is 4.79 Å². The number of nitrogens with zero attached hydrogens (tertiary/aromatic N) is 5. The first-order chi connectivity index (χ1) is 11.1. The summed E-state index contributed by atoms with van der Waals surface area (Å²) in [6.07, 6.45) is 7.51. The molecule has 3 aromatic rings. The Morgan fingerprint density at radius 1 is 1.39 bits per heavy atom. The van der Waals surface area contributed by atoms with Crippen molar-refractivity contribution in [1.82, 2.24) is 24.1 Å². The number of carbonyl (C=O) groups excluding carboxylic acids is 1. The van der Waals surface area contributed by atoms with Gasteiger partial charge in [-0.15, -0.1) is 0 Å². The van der Waals surface area contributed by atoms with E-state index in [1.165, 1.54) is 0 Å². The Morgan fingerprint density at radius 2 is 2.26 bits per heavy atom. The van der Waals surface area contributed by atoms with Crippen LogP contribution in [0.4, 0.5) is 0 Å². The molecule has 0 aliphatic carbocycles. The fraction of sp³-hybridized carbons (Fsp3) is 0.312. The fourth-order valence-electron chi connectivity index (χ4n) is 3.26. The molecule has 0 bridgehead atoms. The van der Waals surface area contributed by atoms with Crippen molar-refractivity contribution in [3.63, 3.8) is 0 Å². The van der Waals surface area contributed by atoms with E-state index in [0.717, 1.165) is 24.9 Å². The number of pyridine rings is 1. The van der Waals surface area contributed by atoms with Gasteiger partial charge in [-0.2, -0.15) is 5.10 Å². The zero-order valence-electron chi connectivity index (χ0n) is 12.7. The lowest BCUT2D eigenvalue weighted by molar-refractivity contribution is 0.0729. The lowest BCUT2D eigenvalue weighted by Gasteiger charge is -2.23. The molecule has 0 radical (unpaired) electrons. The Hall–Kier alpha value is -2.34. The number of amides is 1. The summed E-state index contributed by atoms with van der Waals surface area (Å²) in [6.45, 7) is 0.717. The molecule has 4 rings (SSSR count). The summed E-state index contributed by atoms with van der Waals surface area (Å²) in [7, 11) is 1.88. The van der Waals surface area contributed by atoms with Crippen molar-refractivity contribution in [1.29, 1.82) is 0 Å². The molecule has 1 atom stereocenters. The molecule has 0 spiro atoms. The zero-order chi connectivity index (χ0) is 16.0. The molecule has 0 N–H and O–H groups in total. The summed E-state index contributed by atoms with van der Waals surface area (Å²) in [4.78, 5) is 19.2. The van der Waals surface area contributed by atoms with Crippen LogP contribution in [0, 0.1) is 0 Å². The van der Waals surface area contributed by atoms with Crippen molar-refractivity contribution in [2.24, 2.45) is 7.05 Å². The third kappa shape index (κ3) is 2.30. The molecular weight excluding hydrogens is 314 g/mol. The maximum absolute atomic E-state index is 13.1. The SMILES string of the molecule is Cn1cc([C@H]2CCCN2C(=O)c2c(Cl)nc3ccccn23)cn1. The highest BCUT2D eigenvalue weighted by Crippen LogP contribution is 2.34. The van der Waals surface area contributed by atoms with Gasteiger partial charge in [-0.25, -0.2) is 4.98 Å². The molecule has 1 saturated heterocycles. The maximum atomic E-state index is 13.1. The van der Waals surface area contributed by atoms with E-state index < -0.39 is 0 Å². The number of aromatic nitrogens is 4. The van der Waals surface area contributed by atoms with Crippen LogP contribution >= 0.6 is 11.6 Å². The smallest absolute Gasteiger partial charge is 0.274 e. The van der Waals surface area contributed by atoms with E-state index in [4.69, 9.17) is 11.6 Å². The number of hydrogen-bond acceptors (Lipinski definition) is 3. The molecule has 0 unspecified atom stereocenters. The van der Waals surface area contributed by atoms with Crippen LogP contribution in [0.15, 0.2) is 36.8 Å². The van der Waals surface area contributed by atoms with Crippen LogP contribution in [0.25, 0.3) is 5.65 Å². The number of imidazole rings is 1. The Labute approximate surface area is 138 Å². The molecule has 1 aliphatic heterocycles. The summed E-state index contributed by atoms with van der Waals surface area (Å²) in [5.74, 6) is -0.0833. The molecule has 3 aromatic heterocycles. The second-order valence-electron chi connectivity index (χ2n) is 5.78. The Balaban J connectivity index is 1.74. The minimum absolute atomic E-state index is 0.0431. The number of halogens is 1. The van der Waals surface area contributed by atoms with E-state index in [0.29, 0.717) is 11.3 Å². The van der Waals surface area contributed by atoms with E-state index in [1.807, 2.05) is 48.7 Å². The lowest BCUT2D eigenvalue weighted by atomic mass is 10.1. The van der Waals surface area contributed by atoms with E-state index in [1.54, 1.807) is 9.08 Å². The second kappa shape index (κ2) is 5.38. The van der Waals surface area contributed by atoms with Crippen molar-refractivity contribution in [3.05, 3.63) is 53.2 Å². The standard InChI is InChI=1S/C16H16ClN5O/c1-20-10-11(9-18-20)12-5-4-8-21(12)16(23)14-15(17)19-13-6-2-3-7-22(13)14/h2-3,6-7,9-10,12H,4-5,8H2,1H3/t12-/m1/s1. The fourth-order valence-corrected chi connectivity index (χ4v) is 3.52. The molecule has 1 fully saturated rings. The Morgan fingerprint density at radius 3 is 3.04 bits per heavy atom. The van der Waals surface area contributed by atoms with Gasteiger partial charge in [0.25, 0.3) is 5.91 Å². The second-order valence-corrected chi connectivity index (χ2v) is 6.14. The van der Waals surface area contributed by atoms with Crippen molar-refractivity contribution in [3.8, 4) is 0 Å². The van der Waals surface area contributed by atoms with Crippen LogP contribution in [0.1, 0.15) is 34.9 Å². The van der Waals surface area contributed by atoms with Crippen LogP contribution in [0.5, 0.6) is 0 Å². The number of fused-ring (bicyclic) bond motifs is 1. The van der Waals surface area contributed by atoms with Crippen LogP contribution in [-0.2, 0) is 7.05 Å². The molecule has 7 heteroatoms. The Bertz CT molecular complexity index is 884. The number of aryl methyl sites for hydroxylation is 1. The lowest BCUT2D eigenvalue weighted by Crippen LogP contribution is -2.31. The van der Waals surface area contributed by atoms with Crippen molar-refractivity contribution in [2.45, 2.75) is 18.9 Å². The minimum Gasteiger partial charge on any atom is -0.330 e. The number of carbonyl (C=O) groups is 1. The summed E-state index contributed by atoms with van der Waals surface area (Å²) in [5.41, 5.74) is 2.17. The van der Waals surface area contributed by atoms with E-state index >= 15 is 0 Å². The van der Waals surface area contributed by atoms with Crippen molar-refractivity contribution in [2.75, 3.05) is 6.54 Å². The largest absolute Gasteiger partial charge is 0.330 e. The third-order valence-corrected chi connectivity index (χ3v) is 4.58. The molecule has 4 heterocycles. The molecule has 0 saturated carbocycles. The van der Waals surface area contributed by atoms with Gasteiger partial charge in [-0.3, -0.25) is 13.9 Å². The van der Waals surface area contributed by atoms with Gasteiger partial charge in [0.1, 0.15) is 5.65 Å². The summed E-state index contributed by atoms with van der Waals surface area (Å²) < 4.78 is 3.51. The van der Waals surface area contributed by atoms with Gasteiger partial charge in [-0.1, -0.05) is 17.7 Å². The molecule has 6 nitrogen and oxygen atoms in total. The molecule has 118 valence electrons.